The fourth-order valence-corrected chi connectivity index (χ4v) is 4.76. The molecule has 1 N–H and O–H groups in total. The van der Waals surface area contributed by atoms with Crippen molar-refractivity contribution in [2.75, 3.05) is 17.7 Å². The van der Waals surface area contributed by atoms with Crippen molar-refractivity contribution in [1.82, 2.24) is 19.7 Å². The maximum atomic E-state index is 13.0. The lowest BCUT2D eigenvalue weighted by molar-refractivity contribution is -0.119. The van der Waals surface area contributed by atoms with E-state index in [4.69, 9.17) is 0 Å². The third-order valence-corrected chi connectivity index (χ3v) is 6.51. The largest absolute Gasteiger partial charge is 0.361 e. The molecule has 0 saturated carbocycles. The maximum absolute atomic E-state index is 13.0. The van der Waals surface area contributed by atoms with Gasteiger partial charge in [0.2, 0.25) is 11.7 Å². The van der Waals surface area contributed by atoms with E-state index in [1.165, 1.54) is 12.5 Å². The van der Waals surface area contributed by atoms with Crippen LogP contribution in [0.2, 0.25) is 0 Å². The molecule has 1 atom stereocenters. The second-order valence-electron chi connectivity index (χ2n) is 7.53. The molecule has 3 heterocycles. The van der Waals surface area contributed by atoms with E-state index >= 15 is 0 Å². The average molecular weight is 445 g/mol. The van der Waals surface area contributed by atoms with Gasteiger partial charge in [-0.25, -0.2) is 14.7 Å². The highest BCUT2D eigenvalue weighted by molar-refractivity contribution is 7.99. The van der Waals surface area contributed by atoms with Gasteiger partial charge in [-0.15, -0.1) is 16.9 Å². The number of nitrogens with one attached hydrogen (secondary N) is 1. The predicted molar refractivity (Wildman–Crippen MR) is 124 cm³/mol. The molecular formula is C23H20N6O2S. The van der Waals surface area contributed by atoms with Crippen LogP contribution in [0, 0.1) is 5.92 Å². The van der Waals surface area contributed by atoms with Crippen molar-refractivity contribution < 1.29 is 9.59 Å². The second kappa shape index (κ2) is 8.43. The summed E-state index contributed by atoms with van der Waals surface area (Å²) in [7, 11) is 1.75. The molecular weight excluding hydrogens is 424 g/mol. The van der Waals surface area contributed by atoms with Crippen LogP contribution in [0.1, 0.15) is 16.2 Å². The van der Waals surface area contributed by atoms with Gasteiger partial charge in [-0.2, -0.15) is 0 Å². The van der Waals surface area contributed by atoms with E-state index in [1.807, 2.05) is 54.7 Å². The predicted octanol–water partition coefficient (Wildman–Crippen LogP) is 3.40. The minimum absolute atomic E-state index is 0.0110. The minimum atomic E-state index is -0.563. The summed E-state index contributed by atoms with van der Waals surface area (Å²) < 4.78 is 1.59. The molecule has 0 spiro atoms. The first-order valence-corrected chi connectivity index (χ1v) is 11.1. The second-order valence-corrected chi connectivity index (χ2v) is 8.60. The van der Waals surface area contributed by atoms with Crippen LogP contribution in [-0.4, -0.2) is 50.6 Å². The van der Waals surface area contributed by atoms with E-state index in [9.17, 15) is 9.59 Å². The lowest BCUT2D eigenvalue weighted by Crippen LogP contribution is -2.33. The molecule has 5 rings (SSSR count). The molecule has 2 aromatic heterocycles. The number of aromatic nitrogens is 4. The Labute approximate surface area is 188 Å². The van der Waals surface area contributed by atoms with Gasteiger partial charge in [0.05, 0.1) is 18.2 Å². The summed E-state index contributed by atoms with van der Waals surface area (Å²) in [6, 6.07) is 15.8. The van der Waals surface area contributed by atoms with Crippen molar-refractivity contribution in [3.63, 3.8) is 0 Å². The highest BCUT2D eigenvalue weighted by Gasteiger charge is 2.28. The fraction of sp³-hybridized carbons (Fsp3) is 0.174. The number of H-pyrrole nitrogens is 1. The Hall–Kier alpha value is -3.72. The van der Waals surface area contributed by atoms with Crippen molar-refractivity contribution in [2.45, 2.75) is 11.4 Å². The van der Waals surface area contributed by atoms with Crippen molar-refractivity contribution in [1.29, 1.82) is 0 Å². The first kappa shape index (κ1) is 20.2. The molecule has 1 aliphatic heterocycles. The van der Waals surface area contributed by atoms with Crippen LogP contribution in [0.4, 0.5) is 5.69 Å². The van der Waals surface area contributed by atoms with Gasteiger partial charge in [0.15, 0.2) is 0 Å². The number of aromatic amines is 1. The zero-order valence-electron chi connectivity index (χ0n) is 17.3. The molecule has 0 saturated heterocycles. The summed E-state index contributed by atoms with van der Waals surface area (Å²) in [6.07, 6.45) is 4.81. The van der Waals surface area contributed by atoms with E-state index in [0.29, 0.717) is 12.3 Å². The van der Waals surface area contributed by atoms with Gasteiger partial charge < -0.3 is 9.88 Å². The number of nitrogens with zero attached hydrogens (tertiary/aromatic N) is 5. The molecule has 2 aromatic carbocycles. The molecule has 32 heavy (non-hydrogen) atoms. The van der Waals surface area contributed by atoms with Crippen LogP contribution >= 0.6 is 11.8 Å². The Morgan fingerprint density at radius 1 is 1.28 bits per heavy atom. The monoisotopic (exact) mass is 444 g/mol. The summed E-state index contributed by atoms with van der Waals surface area (Å²) in [4.78, 5) is 39.4. The van der Waals surface area contributed by atoms with Crippen LogP contribution < -0.4 is 4.90 Å². The lowest BCUT2D eigenvalue weighted by Gasteiger charge is -2.19. The van der Waals surface area contributed by atoms with Crippen molar-refractivity contribution >= 4 is 46.4 Å². The van der Waals surface area contributed by atoms with Crippen molar-refractivity contribution in [3.05, 3.63) is 72.4 Å². The zero-order chi connectivity index (χ0) is 22.1. The van der Waals surface area contributed by atoms with Gasteiger partial charge in [0, 0.05) is 41.0 Å². The zero-order valence-corrected chi connectivity index (χ0v) is 18.1. The number of rotatable bonds is 4. The van der Waals surface area contributed by atoms with Gasteiger partial charge in [0.25, 0.3) is 0 Å². The third kappa shape index (κ3) is 3.94. The highest BCUT2D eigenvalue weighted by atomic mass is 32.2. The summed E-state index contributed by atoms with van der Waals surface area (Å²) in [6.45, 7) is 0.514. The molecule has 160 valence electrons. The molecule has 8 nitrogen and oxygen atoms in total. The number of benzene rings is 2. The number of amides is 2. The van der Waals surface area contributed by atoms with Gasteiger partial charge in [0.1, 0.15) is 6.33 Å². The summed E-state index contributed by atoms with van der Waals surface area (Å²) in [5, 5.41) is 5.26. The summed E-state index contributed by atoms with van der Waals surface area (Å²) in [5.74, 6) is -0.685. The van der Waals surface area contributed by atoms with Crippen molar-refractivity contribution in [3.8, 4) is 0 Å². The van der Waals surface area contributed by atoms with Crippen LogP contribution in [0.5, 0.6) is 0 Å². The SMILES string of the molecule is CN1C(=O)C(C=NC(=O)c2ncn(Cc3ccccc3)n2)CSc2cc3[nH]ccc3cc21. The topological polar surface area (TPSA) is 96.2 Å². The Morgan fingerprint density at radius 2 is 2.12 bits per heavy atom. The highest BCUT2D eigenvalue weighted by Crippen LogP contribution is 2.37. The summed E-state index contributed by atoms with van der Waals surface area (Å²) >= 11 is 1.58. The number of carbonyl (C=O) groups is 2. The number of hydrogen-bond acceptors (Lipinski definition) is 5. The number of anilines is 1. The quantitative estimate of drug-likeness (QED) is 0.487. The van der Waals surface area contributed by atoms with E-state index in [-0.39, 0.29) is 11.7 Å². The number of carbonyl (C=O) groups excluding carboxylic acids is 2. The van der Waals surface area contributed by atoms with Crippen LogP contribution in [0.3, 0.4) is 0 Å². The van der Waals surface area contributed by atoms with Gasteiger partial charge >= 0.3 is 5.91 Å². The number of fused-ring (bicyclic) bond motifs is 2. The molecule has 1 unspecified atom stereocenters. The van der Waals surface area contributed by atoms with Gasteiger partial charge in [-0.3, -0.25) is 9.59 Å². The van der Waals surface area contributed by atoms with E-state index in [2.05, 4.69) is 20.1 Å². The Balaban J connectivity index is 1.30. The lowest BCUT2D eigenvalue weighted by atomic mass is 10.1. The Morgan fingerprint density at radius 3 is 2.97 bits per heavy atom. The Bertz CT molecular complexity index is 1330. The van der Waals surface area contributed by atoms with E-state index in [1.54, 1.807) is 28.4 Å². The number of aliphatic imine (C=N–C) groups is 1. The smallest absolute Gasteiger partial charge is 0.316 e. The van der Waals surface area contributed by atoms with Crippen LogP contribution in [0.25, 0.3) is 10.9 Å². The van der Waals surface area contributed by atoms with E-state index in [0.717, 1.165) is 27.0 Å². The minimum Gasteiger partial charge on any atom is -0.361 e. The normalized spacial score (nSPS) is 16.5. The average Bonchev–Trinajstić information content (AvgIpc) is 3.45. The third-order valence-electron chi connectivity index (χ3n) is 5.35. The maximum Gasteiger partial charge on any atom is 0.316 e. The standard InChI is InChI=1S/C23H20N6O2S/c1-28-19-9-16-7-8-24-18(16)10-20(19)32-13-17(23(28)31)11-25-22(30)21-26-14-29(27-21)12-15-5-3-2-4-6-15/h2-11,14,17,24H,12-13H2,1H3. The van der Waals surface area contributed by atoms with Crippen LogP contribution in [-0.2, 0) is 11.3 Å². The van der Waals surface area contributed by atoms with Gasteiger partial charge in [-0.05, 0) is 23.8 Å². The van der Waals surface area contributed by atoms with E-state index < -0.39 is 11.8 Å². The molecule has 1 aliphatic rings. The molecule has 2 amide bonds. The van der Waals surface area contributed by atoms with Crippen molar-refractivity contribution in [2.24, 2.45) is 10.9 Å². The molecule has 4 aromatic rings. The summed E-state index contributed by atoms with van der Waals surface area (Å²) in [5.41, 5.74) is 2.94. The molecule has 0 bridgehead atoms. The van der Waals surface area contributed by atoms with Crippen LogP contribution in [0.15, 0.2) is 70.9 Å². The molecule has 0 aliphatic carbocycles. The number of thioether (sulfide) groups is 1. The number of hydrogen-bond donors (Lipinski definition) is 1. The molecule has 0 radical (unpaired) electrons. The first-order chi connectivity index (χ1) is 15.6. The first-order valence-electron chi connectivity index (χ1n) is 10.1. The fourth-order valence-electron chi connectivity index (χ4n) is 3.63. The van der Waals surface area contributed by atoms with Gasteiger partial charge in [-0.1, -0.05) is 30.3 Å². The molecule has 0 fully saturated rings. The Kier molecular flexibility index (Phi) is 5.32. The molecule has 9 heteroatoms.